The van der Waals surface area contributed by atoms with Crippen LogP contribution in [0.3, 0.4) is 0 Å². The normalized spacial score (nSPS) is 21.7. The van der Waals surface area contributed by atoms with Gasteiger partial charge in [0, 0.05) is 12.6 Å². The number of hydroxylamine groups is 1. The summed E-state index contributed by atoms with van der Waals surface area (Å²) in [7, 11) is 0. The molecular weight excluding hydrogens is 296 g/mol. The minimum Gasteiger partial charge on any atom is -0.596 e. The first-order valence-corrected chi connectivity index (χ1v) is 6.07. The van der Waals surface area contributed by atoms with E-state index in [-0.39, 0.29) is 24.7 Å². The van der Waals surface area contributed by atoms with Crippen molar-refractivity contribution in [3.63, 3.8) is 0 Å². The predicted molar refractivity (Wildman–Crippen MR) is 69.7 cm³/mol. The van der Waals surface area contributed by atoms with Gasteiger partial charge in [-0.05, 0) is 11.6 Å². The number of hydrogen-bond donors (Lipinski definition) is 2. The molecule has 0 saturated heterocycles. The van der Waals surface area contributed by atoms with Crippen LogP contribution >= 0.6 is 11.6 Å². The summed E-state index contributed by atoms with van der Waals surface area (Å²) in [6, 6.07) is 0.778. The maximum absolute atomic E-state index is 13.9. The van der Waals surface area contributed by atoms with Crippen molar-refractivity contribution in [2.24, 2.45) is 10.4 Å². The van der Waals surface area contributed by atoms with E-state index in [1.807, 2.05) is 0 Å². The molecule has 0 saturated carbocycles. The van der Waals surface area contributed by atoms with Crippen LogP contribution in [0.4, 0.5) is 20.2 Å². The Bertz CT molecular complexity index is 559. The van der Waals surface area contributed by atoms with Crippen LogP contribution in [-0.4, -0.2) is 30.0 Å². The van der Waals surface area contributed by atoms with E-state index in [9.17, 15) is 19.1 Å². The van der Waals surface area contributed by atoms with Gasteiger partial charge < -0.3 is 16.0 Å². The topological polar surface area (TPSA) is 97.3 Å². The third kappa shape index (κ3) is 2.47. The number of phenols is 1. The summed E-state index contributed by atoms with van der Waals surface area (Å²) in [4.78, 5) is 0. The number of rotatable bonds is 4. The Morgan fingerprint density at radius 3 is 2.95 bits per heavy atom. The fourth-order valence-electron chi connectivity index (χ4n) is 1.84. The SMILES string of the molecule is Nc1c(O)c(Cl)cc(F)c1[N+]1([O-])CN(CCCF)N=N1. The number of anilines is 1. The van der Waals surface area contributed by atoms with Crippen LogP contribution < -0.4 is 10.5 Å². The zero-order valence-corrected chi connectivity index (χ0v) is 11.0. The maximum Gasteiger partial charge on any atom is 0.225 e. The Labute approximate surface area is 118 Å². The fraction of sp³-hybridized carbons (Fsp3) is 0.400. The molecule has 0 aliphatic carbocycles. The molecule has 7 nitrogen and oxygen atoms in total. The molecule has 0 radical (unpaired) electrons. The van der Waals surface area contributed by atoms with Crippen LogP contribution in [0.1, 0.15) is 6.42 Å². The van der Waals surface area contributed by atoms with E-state index in [4.69, 9.17) is 17.3 Å². The van der Waals surface area contributed by atoms with Crippen molar-refractivity contribution in [1.29, 1.82) is 0 Å². The van der Waals surface area contributed by atoms with Gasteiger partial charge in [0.2, 0.25) is 12.4 Å². The van der Waals surface area contributed by atoms with Gasteiger partial charge in [0.15, 0.2) is 11.6 Å². The Kier molecular flexibility index (Phi) is 3.93. The van der Waals surface area contributed by atoms with Crippen LogP contribution in [0, 0.1) is 11.0 Å². The van der Waals surface area contributed by atoms with Crippen molar-refractivity contribution in [2.75, 3.05) is 25.6 Å². The molecule has 1 aromatic rings. The minimum atomic E-state index is -1.55. The number of hydrogen-bond acceptors (Lipinski definition) is 6. The molecule has 20 heavy (non-hydrogen) atoms. The number of quaternary nitrogens is 1. The van der Waals surface area contributed by atoms with Gasteiger partial charge in [-0.15, -0.1) is 0 Å². The summed E-state index contributed by atoms with van der Waals surface area (Å²) >= 11 is 5.56. The Morgan fingerprint density at radius 1 is 1.60 bits per heavy atom. The van der Waals surface area contributed by atoms with Gasteiger partial charge in [0.25, 0.3) is 0 Å². The molecule has 1 atom stereocenters. The van der Waals surface area contributed by atoms with Gasteiger partial charge >= 0.3 is 0 Å². The molecule has 10 heteroatoms. The highest BCUT2D eigenvalue weighted by Crippen LogP contribution is 2.43. The molecule has 1 heterocycles. The van der Waals surface area contributed by atoms with Crippen molar-refractivity contribution in [3.05, 3.63) is 22.1 Å². The number of benzene rings is 1. The summed E-state index contributed by atoms with van der Waals surface area (Å²) in [6.45, 7) is -0.755. The van der Waals surface area contributed by atoms with Gasteiger partial charge in [0.05, 0.1) is 16.9 Å². The monoisotopic (exact) mass is 307 g/mol. The van der Waals surface area contributed by atoms with Crippen molar-refractivity contribution < 1.29 is 13.9 Å². The molecule has 2 rings (SSSR count). The molecule has 1 unspecified atom stereocenters. The summed E-state index contributed by atoms with van der Waals surface area (Å²) in [6.07, 6.45) is 0.169. The summed E-state index contributed by atoms with van der Waals surface area (Å²) < 4.78 is 24.4. The third-order valence-corrected chi connectivity index (χ3v) is 3.07. The van der Waals surface area contributed by atoms with Crippen molar-refractivity contribution in [1.82, 2.24) is 9.76 Å². The standard InChI is InChI=1S/C10H12ClF2N5O2/c11-6-4-7(13)9(8(14)10(6)19)18(20)5-17(15-16-18)3-1-2-12/h4,19H,1-3,5,14H2. The lowest BCUT2D eigenvalue weighted by atomic mass is 10.2. The maximum atomic E-state index is 13.9. The molecule has 110 valence electrons. The van der Waals surface area contributed by atoms with Gasteiger partial charge in [-0.2, -0.15) is 4.76 Å². The number of aromatic hydroxyl groups is 1. The van der Waals surface area contributed by atoms with E-state index < -0.39 is 34.4 Å². The second kappa shape index (κ2) is 5.35. The molecule has 0 bridgehead atoms. The first kappa shape index (κ1) is 14.7. The van der Waals surface area contributed by atoms with Crippen molar-refractivity contribution in [3.8, 4) is 5.75 Å². The van der Waals surface area contributed by atoms with Crippen LogP contribution in [0.15, 0.2) is 16.5 Å². The molecular formula is C10H12ClF2N5O2. The molecule has 0 aromatic heterocycles. The summed E-state index contributed by atoms with van der Waals surface area (Å²) in [5, 5.41) is 29.9. The smallest absolute Gasteiger partial charge is 0.225 e. The Hall–Kier alpha value is -1.71. The summed E-state index contributed by atoms with van der Waals surface area (Å²) in [5.41, 5.74) is 4.46. The Balaban J connectivity index is 2.33. The number of nitrogens with zero attached hydrogens (tertiary/aromatic N) is 4. The molecule has 1 aliphatic heterocycles. The Morgan fingerprint density at radius 2 is 2.30 bits per heavy atom. The molecule has 1 aromatic carbocycles. The predicted octanol–water partition coefficient (Wildman–Crippen LogP) is 2.49. The van der Waals surface area contributed by atoms with Crippen LogP contribution in [0.5, 0.6) is 5.75 Å². The van der Waals surface area contributed by atoms with Crippen LogP contribution in [0.2, 0.25) is 5.02 Å². The lowest BCUT2D eigenvalue weighted by Gasteiger charge is -2.31. The lowest BCUT2D eigenvalue weighted by Crippen LogP contribution is -2.41. The summed E-state index contributed by atoms with van der Waals surface area (Å²) in [5.74, 6) is -1.58. The second-order valence-corrected chi connectivity index (χ2v) is 4.65. The molecule has 0 fully saturated rings. The average molecular weight is 308 g/mol. The number of nitrogens with two attached hydrogens (primary N) is 1. The first-order valence-electron chi connectivity index (χ1n) is 5.69. The van der Waals surface area contributed by atoms with E-state index >= 15 is 0 Å². The fourth-order valence-corrected chi connectivity index (χ4v) is 2.04. The van der Waals surface area contributed by atoms with Gasteiger partial charge in [-0.25, -0.2) is 9.40 Å². The molecule has 1 aliphatic rings. The van der Waals surface area contributed by atoms with E-state index in [1.54, 1.807) is 0 Å². The highest BCUT2D eigenvalue weighted by atomic mass is 35.5. The average Bonchev–Trinajstić information content (AvgIpc) is 2.76. The number of alkyl halides is 1. The lowest BCUT2D eigenvalue weighted by molar-refractivity contribution is 0.241. The van der Waals surface area contributed by atoms with E-state index in [0.29, 0.717) is 0 Å². The van der Waals surface area contributed by atoms with Crippen LogP contribution in [0.25, 0.3) is 0 Å². The highest BCUT2D eigenvalue weighted by Gasteiger charge is 2.37. The number of nitrogen functional groups attached to an aromatic ring is 1. The molecule has 3 N–H and O–H groups in total. The largest absolute Gasteiger partial charge is 0.596 e. The van der Waals surface area contributed by atoms with Crippen molar-refractivity contribution >= 4 is 23.0 Å². The third-order valence-electron chi connectivity index (χ3n) is 2.78. The molecule has 0 spiro atoms. The first-order chi connectivity index (χ1) is 9.39. The molecule has 0 amide bonds. The van der Waals surface area contributed by atoms with E-state index in [1.165, 1.54) is 5.01 Å². The van der Waals surface area contributed by atoms with Crippen LogP contribution in [-0.2, 0) is 0 Å². The zero-order chi connectivity index (χ0) is 14.9. The highest BCUT2D eigenvalue weighted by molar-refractivity contribution is 6.32. The quantitative estimate of drug-likeness (QED) is 0.386. The van der Waals surface area contributed by atoms with E-state index in [2.05, 4.69) is 10.4 Å². The zero-order valence-electron chi connectivity index (χ0n) is 10.3. The minimum absolute atomic E-state index is 0.169. The van der Waals surface area contributed by atoms with Gasteiger partial charge in [-0.1, -0.05) is 11.6 Å². The van der Waals surface area contributed by atoms with Crippen molar-refractivity contribution in [2.45, 2.75) is 6.42 Å². The van der Waals surface area contributed by atoms with Gasteiger partial charge in [-0.3, -0.25) is 4.39 Å². The number of phenolic OH excluding ortho intramolecular Hbond substituents is 1. The number of halogens is 3. The van der Waals surface area contributed by atoms with Gasteiger partial charge in [0.1, 0.15) is 5.69 Å². The second-order valence-electron chi connectivity index (χ2n) is 4.25. The van der Waals surface area contributed by atoms with E-state index in [0.717, 1.165) is 6.07 Å².